The van der Waals surface area contributed by atoms with Crippen molar-refractivity contribution in [2.45, 2.75) is 31.2 Å². The molecular formula is C11H19N3O6. The minimum absolute atomic E-state index is 0.333. The molecule has 3 amide bonds. The van der Waals surface area contributed by atoms with Crippen molar-refractivity contribution in [2.75, 3.05) is 20.7 Å². The highest BCUT2D eigenvalue weighted by atomic mass is 16.6. The van der Waals surface area contributed by atoms with E-state index in [4.69, 9.17) is 9.84 Å². The van der Waals surface area contributed by atoms with Crippen LogP contribution in [-0.2, 0) is 9.53 Å². The third kappa shape index (κ3) is 2.41. The van der Waals surface area contributed by atoms with E-state index < -0.39 is 35.3 Å². The van der Waals surface area contributed by atoms with Gasteiger partial charge in [-0.15, -0.1) is 0 Å². The van der Waals surface area contributed by atoms with Crippen LogP contribution in [0.3, 0.4) is 0 Å². The number of amides is 3. The number of hydrogen-bond acceptors (Lipinski definition) is 5. The smallest absolute Gasteiger partial charge is 0.405 e. The fraction of sp³-hybridized carbons (Fsp3) is 0.727. The van der Waals surface area contributed by atoms with Crippen molar-refractivity contribution in [1.82, 2.24) is 15.5 Å². The molecule has 1 rings (SSSR count). The summed E-state index contributed by atoms with van der Waals surface area (Å²) >= 11 is 0. The number of ether oxygens (including phenoxy) is 1. The molecule has 0 saturated carbocycles. The van der Waals surface area contributed by atoms with E-state index in [-0.39, 0.29) is 6.61 Å². The van der Waals surface area contributed by atoms with Crippen LogP contribution in [0, 0.1) is 0 Å². The Morgan fingerprint density at radius 2 is 1.85 bits per heavy atom. The number of ketones is 1. The summed E-state index contributed by atoms with van der Waals surface area (Å²) in [5.74, 6) is -0.527. The Bertz CT molecular complexity index is 440. The molecular weight excluding hydrogens is 270 g/mol. The van der Waals surface area contributed by atoms with E-state index >= 15 is 0 Å². The maximum Gasteiger partial charge on any atom is 0.405 e. The third-order valence-corrected chi connectivity index (χ3v) is 3.53. The standard InChI is InChI=1S/C11H19N3O6/c1-6(15)11(12-8(17)14(3)4)5-20-7(16)10(11,2)13-9(18)19/h7,13,16H,5H2,1-4H3,(H,12,17)(H,18,19)/t7-,10+,11+/m0/s1. The summed E-state index contributed by atoms with van der Waals surface area (Å²) in [6, 6.07) is -0.601. The Hall–Kier alpha value is -1.87. The van der Waals surface area contributed by atoms with Gasteiger partial charge in [-0.05, 0) is 13.8 Å². The molecule has 1 aliphatic heterocycles. The Morgan fingerprint density at radius 1 is 1.30 bits per heavy atom. The van der Waals surface area contributed by atoms with Crippen molar-refractivity contribution in [2.24, 2.45) is 0 Å². The maximum atomic E-state index is 12.0. The topological polar surface area (TPSA) is 128 Å². The zero-order valence-corrected chi connectivity index (χ0v) is 11.8. The number of aliphatic hydroxyl groups is 1. The quantitative estimate of drug-likeness (QED) is 0.525. The molecule has 0 radical (unpaired) electrons. The lowest BCUT2D eigenvalue weighted by atomic mass is 9.77. The van der Waals surface area contributed by atoms with Gasteiger partial charge in [0.15, 0.2) is 17.6 Å². The molecule has 0 aromatic rings. The summed E-state index contributed by atoms with van der Waals surface area (Å²) in [5, 5.41) is 23.3. The monoisotopic (exact) mass is 289 g/mol. The van der Waals surface area contributed by atoms with Crippen molar-refractivity contribution in [3.05, 3.63) is 0 Å². The van der Waals surface area contributed by atoms with Crippen LogP contribution < -0.4 is 10.6 Å². The van der Waals surface area contributed by atoms with Crippen molar-refractivity contribution in [3.8, 4) is 0 Å². The Kier molecular flexibility index (Phi) is 4.25. The first kappa shape index (κ1) is 16.2. The minimum atomic E-state index is -1.70. The largest absolute Gasteiger partial charge is 0.465 e. The van der Waals surface area contributed by atoms with Gasteiger partial charge in [-0.3, -0.25) is 4.79 Å². The molecule has 1 saturated heterocycles. The molecule has 3 atom stereocenters. The van der Waals surface area contributed by atoms with E-state index in [1.165, 1.54) is 32.8 Å². The summed E-state index contributed by atoms with van der Waals surface area (Å²) in [5.41, 5.74) is -3.39. The number of Topliss-reactive ketones (excluding diaryl/α,β-unsaturated/α-hetero) is 1. The molecule has 4 N–H and O–H groups in total. The maximum absolute atomic E-state index is 12.0. The summed E-state index contributed by atoms with van der Waals surface area (Å²) < 4.78 is 5.00. The molecule has 0 unspecified atom stereocenters. The van der Waals surface area contributed by atoms with Gasteiger partial charge in [0, 0.05) is 14.1 Å². The molecule has 0 aliphatic carbocycles. The number of urea groups is 1. The second-order valence-corrected chi connectivity index (χ2v) is 5.08. The molecule has 114 valence electrons. The number of aliphatic hydroxyl groups excluding tert-OH is 1. The van der Waals surface area contributed by atoms with E-state index in [1.54, 1.807) is 0 Å². The first-order valence-corrected chi connectivity index (χ1v) is 5.88. The highest BCUT2D eigenvalue weighted by Gasteiger charge is 2.63. The van der Waals surface area contributed by atoms with Crippen LogP contribution in [0.5, 0.6) is 0 Å². The second kappa shape index (κ2) is 5.25. The summed E-state index contributed by atoms with van der Waals surface area (Å²) in [4.78, 5) is 36.0. The summed E-state index contributed by atoms with van der Waals surface area (Å²) in [6.07, 6.45) is -3.01. The molecule has 1 fully saturated rings. The Balaban J connectivity index is 3.25. The zero-order chi connectivity index (χ0) is 15.7. The molecule has 9 nitrogen and oxygen atoms in total. The first-order valence-electron chi connectivity index (χ1n) is 5.88. The average Bonchev–Trinajstić information content (AvgIpc) is 2.53. The van der Waals surface area contributed by atoms with Gasteiger partial charge in [0.05, 0.1) is 6.61 Å². The van der Waals surface area contributed by atoms with E-state index in [1.807, 2.05) is 0 Å². The number of nitrogens with one attached hydrogen (secondary N) is 2. The lowest BCUT2D eigenvalue weighted by Crippen LogP contribution is -2.74. The van der Waals surface area contributed by atoms with Gasteiger partial charge in [0.2, 0.25) is 0 Å². The molecule has 0 bridgehead atoms. The zero-order valence-electron chi connectivity index (χ0n) is 11.8. The van der Waals surface area contributed by atoms with Gasteiger partial charge in [-0.1, -0.05) is 0 Å². The van der Waals surface area contributed by atoms with Crippen molar-refractivity contribution in [1.29, 1.82) is 0 Å². The summed E-state index contributed by atoms with van der Waals surface area (Å²) in [6.45, 7) is 2.16. The summed E-state index contributed by atoms with van der Waals surface area (Å²) in [7, 11) is 2.94. The Labute approximate surface area is 115 Å². The van der Waals surface area contributed by atoms with Crippen LogP contribution >= 0.6 is 0 Å². The van der Waals surface area contributed by atoms with Gasteiger partial charge < -0.3 is 30.5 Å². The Morgan fingerprint density at radius 3 is 2.25 bits per heavy atom. The van der Waals surface area contributed by atoms with E-state index in [0.29, 0.717) is 0 Å². The molecule has 0 spiro atoms. The molecule has 9 heteroatoms. The van der Waals surface area contributed by atoms with Crippen LogP contribution in [0.15, 0.2) is 0 Å². The SMILES string of the molecule is CC(=O)[C@]1(NC(=O)N(C)C)CO[C@H](O)[C@@]1(C)NC(=O)O. The van der Waals surface area contributed by atoms with Gasteiger partial charge in [-0.25, -0.2) is 9.59 Å². The van der Waals surface area contributed by atoms with Gasteiger partial charge in [0.25, 0.3) is 0 Å². The second-order valence-electron chi connectivity index (χ2n) is 5.08. The van der Waals surface area contributed by atoms with Crippen LogP contribution in [0.1, 0.15) is 13.8 Å². The molecule has 20 heavy (non-hydrogen) atoms. The van der Waals surface area contributed by atoms with E-state index in [9.17, 15) is 19.5 Å². The molecule has 1 heterocycles. The number of hydrogen-bond donors (Lipinski definition) is 4. The van der Waals surface area contributed by atoms with Crippen LogP contribution in [-0.4, -0.2) is 71.1 Å². The predicted octanol–water partition coefficient (Wildman–Crippen LogP) is -1.04. The van der Waals surface area contributed by atoms with Crippen LogP contribution in [0.2, 0.25) is 0 Å². The highest BCUT2D eigenvalue weighted by molar-refractivity contribution is 5.93. The number of rotatable bonds is 3. The minimum Gasteiger partial charge on any atom is -0.465 e. The van der Waals surface area contributed by atoms with Gasteiger partial charge in [-0.2, -0.15) is 0 Å². The number of carboxylic acid groups (broad SMARTS) is 1. The molecule has 0 aromatic heterocycles. The first-order chi connectivity index (χ1) is 9.06. The van der Waals surface area contributed by atoms with Gasteiger partial charge in [0.1, 0.15) is 5.54 Å². The number of nitrogens with zero attached hydrogens (tertiary/aromatic N) is 1. The van der Waals surface area contributed by atoms with Crippen molar-refractivity contribution < 1.29 is 29.3 Å². The predicted molar refractivity (Wildman–Crippen MR) is 67.2 cm³/mol. The lowest BCUT2D eigenvalue weighted by molar-refractivity contribution is -0.126. The van der Waals surface area contributed by atoms with Crippen LogP contribution in [0.25, 0.3) is 0 Å². The highest BCUT2D eigenvalue weighted by Crippen LogP contribution is 2.35. The van der Waals surface area contributed by atoms with Crippen LogP contribution in [0.4, 0.5) is 9.59 Å². The van der Waals surface area contributed by atoms with E-state index in [0.717, 1.165) is 0 Å². The third-order valence-electron chi connectivity index (χ3n) is 3.53. The number of carbonyl (C=O) groups excluding carboxylic acids is 2. The fourth-order valence-electron chi connectivity index (χ4n) is 2.14. The van der Waals surface area contributed by atoms with Gasteiger partial charge >= 0.3 is 12.1 Å². The normalized spacial score (nSPS) is 32.5. The fourth-order valence-corrected chi connectivity index (χ4v) is 2.14. The lowest BCUT2D eigenvalue weighted by Gasteiger charge is -2.41. The van der Waals surface area contributed by atoms with Crippen molar-refractivity contribution >= 4 is 17.9 Å². The molecule has 0 aromatic carbocycles. The average molecular weight is 289 g/mol. The van der Waals surface area contributed by atoms with E-state index in [2.05, 4.69) is 10.6 Å². The molecule has 1 aliphatic rings. The number of carbonyl (C=O) groups is 3. The van der Waals surface area contributed by atoms with Crippen molar-refractivity contribution in [3.63, 3.8) is 0 Å².